The van der Waals surface area contributed by atoms with Crippen molar-refractivity contribution >= 4 is 17.9 Å². The fraction of sp³-hybridized carbons (Fsp3) is 0.769. The standard InChI is InChI=1S/C13H22N4O4/c18-11(17-6-4-14-5-7-17)8-15-13(21)16-10-3-1-2-9(10)12(19)20/h9-10,14H,1-8H2,(H,19,20)(H2,15,16,21). The third-order valence-electron chi connectivity index (χ3n) is 4.02. The number of aliphatic carboxylic acids is 1. The highest BCUT2D eigenvalue weighted by atomic mass is 16.4. The molecule has 1 saturated heterocycles. The molecule has 21 heavy (non-hydrogen) atoms. The van der Waals surface area contributed by atoms with E-state index in [1.165, 1.54) is 0 Å². The lowest BCUT2D eigenvalue weighted by Gasteiger charge is -2.27. The van der Waals surface area contributed by atoms with Gasteiger partial charge in [0, 0.05) is 32.2 Å². The van der Waals surface area contributed by atoms with Crippen LogP contribution in [0, 0.1) is 5.92 Å². The molecule has 1 heterocycles. The predicted octanol–water partition coefficient (Wildman–Crippen LogP) is -1.03. The van der Waals surface area contributed by atoms with Gasteiger partial charge in [0.15, 0.2) is 0 Å². The molecule has 1 aliphatic heterocycles. The minimum atomic E-state index is -0.880. The van der Waals surface area contributed by atoms with Gasteiger partial charge >= 0.3 is 12.0 Å². The second-order valence-electron chi connectivity index (χ2n) is 5.44. The van der Waals surface area contributed by atoms with E-state index >= 15 is 0 Å². The van der Waals surface area contributed by atoms with Gasteiger partial charge in [-0.3, -0.25) is 9.59 Å². The maximum atomic E-state index is 11.9. The van der Waals surface area contributed by atoms with E-state index in [1.54, 1.807) is 4.90 Å². The molecule has 0 aromatic rings. The zero-order valence-electron chi connectivity index (χ0n) is 11.9. The van der Waals surface area contributed by atoms with E-state index in [9.17, 15) is 14.4 Å². The molecule has 118 valence electrons. The Morgan fingerprint density at radius 1 is 1.19 bits per heavy atom. The van der Waals surface area contributed by atoms with Gasteiger partial charge in [-0.05, 0) is 12.8 Å². The summed E-state index contributed by atoms with van der Waals surface area (Å²) in [6.45, 7) is 2.76. The summed E-state index contributed by atoms with van der Waals surface area (Å²) in [5.74, 6) is -1.53. The number of nitrogens with one attached hydrogen (secondary N) is 3. The minimum Gasteiger partial charge on any atom is -0.481 e. The lowest BCUT2D eigenvalue weighted by molar-refractivity contribution is -0.142. The molecule has 2 fully saturated rings. The van der Waals surface area contributed by atoms with Crippen LogP contribution in [0.5, 0.6) is 0 Å². The SMILES string of the molecule is O=C(NCC(=O)N1CCNCC1)NC1CCCC1C(=O)O. The lowest BCUT2D eigenvalue weighted by Crippen LogP contribution is -2.51. The van der Waals surface area contributed by atoms with E-state index in [0.717, 1.165) is 19.5 Å². The topological polar surface area (TPSA) is 111 Å². The number of carboxylic acids is 1. The van der Waals surface area contributed by atoms with Crippen LogP contribution in [0.4, 0.5) is 4.79 Å². The van der Waals surface area contributed by atoms with Crippen molar-refractivity contribution in [3.05, 3.63) is 0 Å². The second kappa shape index (κ2) is 7.26. The molecule has 0 aromatic carbocycles. The van der Waals surface area contributed by atoms with Gasteiger partial charge in [0.05, 0.1) is 12.5 Å². The van der Waals surface area contributed by atoms with Gasteiger partial charge < -0.3 is 26.0 Å². The van der Waals surface area contributed by atoms with E-state index < -0.39 is 17.9 Å². The maximum absolute atomic E-state index is 11.9. The summed E-state index contributed by atoms with van der Waals surface area (Å²) in [6.07, 6.45) is 2.04. The van der Waals surface area contributed by atoms with Crippen LogP contribution in [0.2, 0.25) is 0 Å². The molecule has 2 rings (SSSR count). The Morgan fingerprint density at radius 3 is 2.57 bits per heavy atom. The second-order valence-corrected chi connectivity index (χ2v) is 5.44. The Kier molecular flexibility index (Phi) is 5.38. The molecule has 0 aromatic heterocycles. The van der Waals surface area contributed by atoms with Gasteiger partial charge in [0.25, 0.3) is 0 Å². The monoisotopic (exact) mass is 298 g/mol. The number of urea groups is 1. The quantitative estimate of drug-likeness (QED) is 0.530. The molecule has 8 nitrogen and oxygen atoms in total. The molecule has 2 aliphatic rings. The summed E-state index contributed by atoms with van der Waals surface area (Å²) in [7, 11) is 0. The fourth-order valence-electron chi connectivity index (χ4n) is 2.83. The average Bonchev–Trinajstić information content (AvgIpc) is 2.94. The molecule has 1 saturated carbocycles. The normalized spacial score (nSPS) is 25.4. The van der Waals surface area contributed by atoms with Gasteiger partial charge in [0.2, 0.25) is 5.91 Å². The van der Waals surface area contributed by atoms with Gasteiger partial charge in [-0.25, -0.2) is 4.79 Å². The number of amides is 3. The predicted molar refractivity (Wildman–Crippen MR) is 74.7 cm³/mol. The number of hydrogen-bond donors (Lipinski definition) is 4. The number of carboxylic acid groups (broad SMARTS) is 1. The lowest BCUT2D eigenvalue weighted by atomic mass is 10.0. The third kappa shape index (κ3) is 4.32. The molecule has 2 unspecified atom stereocenters. The number of nitrogens with zero attached hydrogens (tertiary/aromatic N) is 1. The van der Waals surface area contributed by atoms with Crippen molar-refractivity contribution < 1.29 is 19.5 Å². The van der Waals surface area contributed by atoms with Crippen LogP contribution in [-0.2, 0) is 9.59 Å². The number of rotatable bonds is 4. The first-order chi connectivity index (χ1) is 10.1. The molecule has 3 amide bonds. The number of piperazine rings is 1. The van der Waals surface area contributed by atoms with Crippen LogP contribution >= 0.6 is 0 Å². The highest BCUT2D eigenvalue weighted by molar-refractivity contribution is 5.84. The largest absolute Gasteiger partial charge is 0.481 e. The third-order valence-corrected chi connectivity index (χ3v) is 4.02. The van der Waals surface area contributed by atoms with E-state index in [2.05, 4.69) is 16.0 Å². The molecule has 1 aliphatic carbocycles. The van der Waals surface area contributed by atoms with Gasteiger partial charge in [0.1, 0.15) is 0 Å². The zero-order valence-corrected chi connectivity index (χ0v) is 11.9. The van der Waals surface area contributed by atoms with Gasteiger partial charge in [-0.15, -0.1) is 0 Å². The molecular weight excluding hydrogens is 276 g/mol. The van der Waals surface area contributed by atoms with Crippen LogP contribution in [0.1, 0.15) is 19.3 Å². The van der Waals surface area contributed by atoms with Crippen LogP contribution in [0.3, 0.4) is 0 Å². The van der Waals surface area contributed by atoms with Crippen molar-refractivity contribution in [3.63, 3.8) is 0 Å². The summed E-state index contributed by atoms with van der Waals surface area (Å²) in [5, 5.41) is 17.4. The van der Waals surface area contributed by atoms with Crippen molar-refractivity contribution in [1.29, 1.82) is 0 Å². The van der Waals surface area contributed by atoms with Crippen molar-refractivity contribution in [3.8, 4) is 0 Å². The summed E-state index contributed by atoms with van der Waals surface area (Å²) in [6, 6.07) is -0.826. The number of carbonyl (C=O) groups is 3. The molecule has 0 spiro atoms. The first-order valence-corrected chi connectivity index (χ1v) is 7.33. The first kappa shape index (κ1) is 15.6. The smallest absolute Gasteiger partial charge is 0.315 e. The van der Waals surface area contributed by atoms with E-state index in [4.69, 9.17) is 5.11 Å². The van der Waals surface area contributed by atoms with Crippen LogP contribution in [-0.4, -0.2) is 66.7 Å². The summed E-state index contributed by atoms with van der Waals surface area (Å²) in [5.41, 5.74) is 0. The molecule has 4 N–H and O–H groups in total. The van der Waals surface area contributed by atoms with Crippen LogP contribution in [0.25, 0.3) is 0 Å². The van der Waals surface area contributed by atoms with Crippen molar-refractivity contribution in [2.75, 3.05) is 32.7 Å². The molecule has 2 atom stereocenters. The average molecular weight is 298 g/mol. The summed E-state index contributed by atoms with van der Waals surface area (Å²) >= 11 is 0. The van der Waals surface area contributed by atoms with E-state index in [-0.39, 0.29) is 18.5 Å². The molecule has 0 radical (unpaired) electrons. The van der Waals surface area contributed by atoms with E-state index in [1.807, 2.05) is 0 Å². The summed E-state index contributed by atoms with van der Waals surface area (Å²) in [4.78, 5) is 36.4. The number of hydrogen-bond acceptors (Lipinski definition) is 4. The number of carbonyl (C=O) groups excluding carboxylic acids is 2. The fourth-order valence-corrected chi connectivity index (χ4v) is 2.83. The first-order valence-electron chi connectivity index (χ1n) is 7.33. The van der Waals surface area contributed by atoms with Crippen molar-refractivity contribution in [1.82, 2.24) is 20.9 Å². The van der Waals surface area contributed by atoms with Gasteiger partial charge in [-0.1, -0.05) is 6.42 Å². The Morgan fingerprint density at radius 2 is 1.90 bits per heavy atom. The highest BCUT2D eigenvalue weighted by Gasteiger charge is 2.33. The molecular formula is C13H22N4O4. The molecule has 0 bridgehead atoms. The maximum Gasteiger partial charge on any atom is 0.315 e. The van der Waals surface area contributed by atoms with Crippen LogP contribution < -0.4 is 16.0 Å². The Labute approximate surface area is 123 Å². The Hall–Kier alpha value is -1.83. The zero-order chi connectivity index (χ0) is 15.2. The summed E-state index contributed by atoms with van der Waals surface area (Å²) < 4.78 is 0. The highest BCUT2D eigenvalue weighted by Crippen LogP contribution is 2.25. The van der Waals surface area contributed by atoms with Crippen molar-refractivity contribution in [2.45, 2.75) is 25.3 Å². The Bertz CT molecular complexity index is 409. The van der Waals surface area contributed by atoms with Gasteiger partial charge in [-0.2, -0.15) is 0 Å². The Balaban J connectivity index is 1.71. The van der Waals surface area contributed by atoms with E-state index in [0.29, 0.717) is 25.9 Å². The van der Waals surface area contributed by atoms with Crippen molar-refractivity contribution in [2.24, 2.45) is 5.92 Å². The minimum absolute atomic E-state index is 0.0592. The molecule has 8 heteroatoms. The van der Waals surface area contributed by atoms with Crippen LogP contribution in [0.15, 0.2) is 0 Å².